The number of hydrogen-bond acceptors (Lipinski definition) is 5. The summed E-state index contributed by atoms with van der Waals surface area (Å²) in [7, 11) is 3.64. The summed E-state index contributed by atoms with van der Waals surface area (Å²) in [6.45, 7) is 0.337. The monoisotopic (exact) mass is 267 g/mol. The Balaban J connectivity index is 2.87. The molecule has 1 rings (SSSR count). The molecule has 0 aliphatic carbocycles. The van der Waals surface area contributed by atoms with E-state index >= 15 is 0 Å². The Bertz CT molecular complexity index is 462. The summed E-state index contributed by atoms with van der Waals surface area (Å²) >= 11 is 0. The summed E-state index contributed by atoms with van der Waals surface area (Å²) in [4.78, 5) is 29.7. The van der Waals surface area contributed by atoms with Crippen LogP contribution in [0.4, 0.5) is 0 Å². The number of aromatic nitrogens is 1. The number of carboxylic acids is 1. The molecule has 1 heterocycles. The zero-order chi connectivity index (χ0) is 14.4. The molecule has 0 aliphatic rings. The second-order valence-corrected chi connectivity index (χ2v) is 4.29. The average Bonchev–Trinajstić information content (AvgIpc) is 2.33. The molecule has 0 aliphatic heterocycles. The number of pyridine rings is 1. The van der Waals surface area contributed by atoms with E-state index < -0.39 is 18.4 Å². The predicted molar refractivity (Wildman–Crippen MR) is 68.0 cm³/mol. The van der Waals surface area contributed by atoms with Crippen LogP contribution in [0.5, 0.6) is 5.75 Å². The molecule has 0 atom stereocenters. The molecule has 1 amide bonds. The van der Waals surface area contributed by atoms with Gasteiger partial charge in [-0.3, -0.25) is 9.59 Å². The average molecular weight is 267 g/mol. The number of aliphatic carboxylic acids is 1. The van der Waals surface area contributed by atoms with E-state index in [1.165, 1.54) is 18.3 Å². The fourth-order valence-corrected chi connectivity index (χ4v) is 1.45. The number of rotatable bonds is 6. The van der Waals surface area contributed by atoms with Gasteiger partial charge >= 0.3 is 5.97 Å². The summed E-state index contributed by atoms with van der Waals surface area (Å²) in [6.07, 6.45) is 1.37. The Kier molecular flexibility index (Phi) is 5.25. The summed E-state index contributed by atoms with van der Waals surface area (Å²) in [5.74, 6) is -1.96. The number of carboxylic acid groups (broad SMARTS) is 1. The topological polar surface area (TPSA) is 94.0 Å². The number of likely N-dealkylation sites (N-methyl/N-ethyl adjacent to an activating group) is 1. The molecule has 0 radical (unpaired) electrons. The highest BCUT2D eigenvalue weighted by molar-refractivity contribution is 5.96. The molecule has 1 aromatic rings. The molecule has 104 valence electrons. The van der Waals surface area contributed by atoms with Gasteiger partial charge in [-0.2, -0.15) is 0 Å². The Hall–Kier alpha value is -2.15. The van der Waals surface area contributed by atoms with Crippen molar-refractivity contribution in [1.29, 1.82) is 0 Å². The van der Waals surface area contributed by atoms with E-state index in [4.69, 9.17) is 5.11 Å². The van der Waals surface area contributed by atoms with Crippen molar-refractivity contribution in [2.24, 2.45) is 0 Å². The van der Waals surface area contributed by atoms with Crippen molar-refractivity contribution in [2.45, 2.75) is 0 Å². The van der Waals surface area contributed by atoms with E-state index in [-0.39, 0.29) is 18.0 Å². The Morgan fingerprint density at radius 3 is 2.53 bits per heavy atom. The number of hydrogen-bond donors (Lipinski definition) is 2. The van der Waals surface area contributed by atoms with Crippen molar-refractivity contribution in [3.63, 3.8) is 0 Å². The van der Waals surface area contributed by atoms with E-state index in [0.717, 1.165) is 4.90 Å². The van der Waals surface area contributed by atoms with Crippen molar-refractivity contribution in [3.8, 4) is 5.75 Å². The summed E-state index contributed by atoms with van der Waals surface area (Å²) < 4.78 is 0. The largest absolute Gasteiger partial charge is 0.505 e. The number of carbonyl (C=O) groups excluding carboxylic acids is 1. The Morgan fingerprint density at radius 1 is 1.32 bits per heavy atom. The minimum atomic E-state index is -1.11. The SMILES string of the molecule is CN(C)CCN(CC(=O)O)C(=O)c1ncccc1O. The van der Waals surface area contributed by atoms with E-state index in [2.05, 4.69) is 4.98 Å². The molecule has 7 heteroatoms. The standard InChI is InChI=1S/C12H17N3O4/c1-14(2)6-7-15(8-10(17)18)12(19)11-9(16)4-3-5-13-11/h3-5,16H,6-8H2,1-2H3,(H,17,18). The van der Waals surface area contributed by atoms with Crippen LogP contribution in [0.25, 0.3) is 0 Å². The van der Waals surface area contributed by atoms with Crippen LogP contribution in [-0.4, -0.2) is 70.6 Å². The first-order valence-electron chi connectivity index (χ1n) is 5.71. The van der Waals surface area contributed by atoms with Gasteiger partial charge in [-0.05, 0) is 26.2 Å². The van der Waals surface area contributed by atoms with Crippen LogP contribution in [0.2, 0.25) is 0 Å². The predicted octanol–water partition coefficient (Wildman–Crippen LogP) is -0.124. The van der Waals surface area contributed by atoms with Gasteiger partial charge in [0.05, 0.1) is 0 Å². The highest BCUT2D eigenvalue weighted by Gasteiger charge is 2.22. The third-order valence-electron chi connectivity index (χ3n) is 2.42. The summed E-state index contributed by atoms with van der Waals surface area (Å²) in [6, 6.07) is 2.83. The van der Waals surface area contributed by atoms with Crippen molar-refractivity contribution in [1.82, 2.24) is 14.8 Å². The highest BCUT2D eigenvalue weighted by Crippen LogP contribution is 2.14. The zero-order valence-corrected chi connectivity index (χ0v) is 10.9. The third kappa shape index (κ3) is 4.55. The fourth-order valence-electron chi connectivity index (χ4n) is 1.45. The van der Waals surface area contributed by atoms with E-state index in [1.807, 2.05) is 19.0 Å². The molecule has 0 bridgehead atoms. The summed E-state index contributed by atoms with van der Waals surface area (Å²) in [5, 5.41) is 18.4. The first-order valence-corrected chi connectivity index (χ1v) is 5.71. The van der Waals surface area contributed by atoms with Crippen LogP contribution < -0.4 is 0 Å². The van der Waals surface area contributed by atoms with Gasteiger partial charge in [0.1, 0.15) is 12.3 Å². The molecular formula is C12H17N3O4. The molecule has 0 fully saturated rings. The van der Waals surface area contributed by atoms with E-state index in [1.54, 1.807) is 0 Å². The van der Waals surface area contributed by atoms with Crippen molar-refractivity contribution in [2.75, 3.05) is 33.7 Å². The van der Waals surface area contributed by atoms with Crippen molar-refractivity contribution in [3.05, 3.63) is 24.0 Å². The van der Waals surface area contributed by atoms with Gasteiger partial charge in [0.2, 0.25) is 0 Å². The fraction of sp³-hybridized carbons (Fsp3) is 0.417. The third-order valence-corrected chi connectivity index (χ3v) is 2.42. The quantitative estimate of drug-likeness (QED) is 0.746. The number of nitrogens with zero attached hydrogens (tertiary/aromatic N) is 3. The molecular weight excluding hydrogens is 250 g/mol. The maximum atomic E-state index is 12.1. The second kappa shape index (κ2) is 6.69. The zero-order valence-electron chi connectivity index (χ0n) is 10.9. The van der Waals surface area contributed by atoms with Crippen LogP contribution in [0.1, 0.15) is 10.5 Å². The molecule has 0 spiro atoms. The summed E-state index contributed by atoms with van der Waals surface area (Å²) in [5.41, 5.74) is -0.137. The number of aromatic hydroxyl groups is 1. The van der Waals surface area contributed by atoms with Gasteiger partial charge in [-0.1, -0.05) is 0 Å². The maximum Gasteiger partial charge on any atom is 0.323 e. The Labute approximate surface area is 111 Å². The van der Waals surface area contributed by atoms with Crippen LogP contribution >= 0.6 is 0 Å². The molecule has 0 saturated heterocycles. The number of amides is 1. The molecule has 0 aromatic carbocycles. The van der Waals surface area contributed by atoms with Gasteiger partial charge in [-0.25, -0.2) is 4.98 Å². The van der Waals surface area contributed by atoms with Gasteiger partial charge in [0.15, 0.2) is 5.69 Å². The molecule has 7 nitrogen and oxygen atoms in total. The van der Waals surface area contributed by atoms with Crippen molar-refractivity contribution < 1.29 is 19.8 Å². The number of carbonyl (C=O) groups is 2. The minimum Gasteiger partial charge on any atom is -0.505 e. The van der Waals surface area contributed by atoms with Gasteiger partial charge in [0, 0.05) is 19.3 Å². The molecule has 2 N–H and O–H groups in total. The van der Waals surface area contributed by atoms with Crippen LogP contribution in [0, 0.1) is 0 Å². The van der Waals surface area contributed by atoms with Gasteiger partial charge in [-0.15, -0.1) is 0 Å². The first-order chi connectivity index (χ1) is 8.91. The molecule has 1 aromatic heterocycles. The minimum absolute atomic E-state index is 0.137. The van der Waals surface area contributed by atoms with Gasteiger partial charge < -0.3 is 20.0 Å². The van der Waals surface area contributed by atoms with E-state index in [9.17, 15) is 14.7 Å². The maximum absolute atomic E-state index is 12.1. The van der Waals surface area contributed by atoms with Crippen LogP contribution in [0.15, 0.2) is 18.3 Å². The molecule has 0 saturated carbocycles. The molecule has 19 heavy (non-hydrogen) atoms. The van der Waals surface area contributed by atoms with Gasteiger partial charge in [0.25, 0.3) is 5.91 Å². The lowest BCUT2D eigenvalue weighted by molar-refractivity contribution is -0.137. The molecule has 0 unspecified atom stereocenters. The highest BCUT2D eigenvalue weighted by atomic mass is 16.4. The Morgan fingerprint density at radius 2 is 2.00 bits per heavy atom. The second-order valence-electron chi connectivity index (χ2n) is 4.29. The lowest BCUT2D eigenvalue weighted by Crippen LogP contribution is -2.40. The first kappa shape index (κ1) is 14.9. The lowest BCUT2D eigenvalue weighted by atomic mass is 10.2. The van der Waals surface area contributed by atoms with Crippen LogP contribution in [0.3, 0.4) is 0 Å². The van der Waals surface area contributed by atoms with Crippen molar-refractivity contribution >= 4 is 11.9 Å². The van der Waals surface area contributed by atoms with E-state index in [0.29, 0.717) is 6.54 Å². The lowest BCUT2D eigenvalue weighted by Gasteiger charge is -2.22. The normalized spacial score (nSPS) is 10.5. The smallest absolute Gasteiger partial charge is 0.323 e. The van der Waals surface area contributed by atoms with Crippen LogP contribution in [-0.2, 0) is 4.79 Å².